The van der Waals surface area contributed by atoms with Crippen LogP contribution in [0, 0.1) is 0 Å². The van der Waals surface area contributed by atoms with Crippen LogP contribution in [0.3, 0.4) is 0 Å². The van der Waals surface area contributed by atoms with E-state index in [9.17, 15) is 10.2 Å². The molecule has 1 unspecified atom stereocenters. The van der Waals surface area contributed by atoms with Gasteiger partial charge in [0.1, 0.15) is 17.9 Å². The Morgan fingerprint density at radius 3 is 2.71 bits per heavy atom. The Bertz CT molecular complexity index is 649. The minimum absolute atomic E-state index is 0.0411. The van der Waals surface area contributed by atoms with E-state index in [1.54, 1.807) is 0 Å². The van der Waals surface area contributed by atoms with E-state index in [-0.39, 0.29) is 24.1 Å². The maximum Gasteiger partial charge on any atom is 0.191 e. The third-order valence-electron chi connectivity index (χ3n) is 4.08. The molecule has 1 aromatic rings. The van der Waals surface area contributed by atoms with Gasteiger partial charge in [0.15, 0.2) is 21.9 Å². The molecule has 2 rings (SSSR count). The normalized spacial score (nSPS) is 25.2. The second kappa shape index (κ2) is 10.2. The highest BCUT2D eigenvalue weighted by atomic mass is 35.5. The number of nitrogen functional groups attached to an aromatic ring is 1. The van der Waals surface area contributed by atoms with Crippen molar-refractivity contribution in [3.05, 3.63) is 5.15 Å². The van der Waals surface area contributed by atoms with E-state index in [2.05, 4.69) is 22.2 Å². The van der Waals surface area contributed by atoms with Crippen LogP contribution in [-0.4, -0.2) is 74.4 Å². The zero-order chi connectivity index (χ0) is 20.9. The Balaban J connectivity index is 2.19. The van der Waals surface area contributed by atoms with Gasteiger partial charge in [-0.1, -0.05) is 30.3 Å². The lowest BCUT2D eigenvalue weighted by molar-refractivity contribution is -0.229. The fourth-order valence-electron chi connectivity index (χ4n) is 2.96. The number of nitrogens with two attached hydrogens (primary N) is 1. The summed E-state index contributed by atoms with van der Waals surface area (Å²) in [7, 11) is 0. The van der Waals surface area contributed by atoms with Gasteiger partial charge >= 0.3 is 0 Å². The van der Waals surface area contributed by atoms with E-state index in [1.807, 2.05) is 0 Å². The topological polar surface area (TPSA) is 143 Å². The Hall–Kier alpha value is -0.880. The molecule has 0 radical (unpaired) electrons. The van der Waals surface area contributed by atoms with Gasteiger partial charge < -0.3 is 35.8 Å². The van der Waals surface area contributed by atoms with Gasteiger partial charge in [-0.3, -0.25) is 0 Å². The largest absolute Gasteiger partial charge is 0.394 e. The van der Waals surface area contributed by atoms with Crippen molar-refractivity contribution < 1.29 is 24.8 Å². The first kappa shape index (κ1) is 23.4. The first-order valence-corrected chi connectivity index (χ1v) is 10.6. The SMILES string of the molecule is CCCSc1nc(Cl)c(N)c(N[C@H]2CC(OC(C)(C)O)[C@@H](OCCO)[C@@H]2O)n1. The molecule has 11 heteroatoms. The van der Waals surface area contributed by atoms with Crippen LogP contribution in [0.4, 0.5) is 11.5 Å². The number of rotatable bonds is 10. The number of aliphatic hydroxyl groups excluding tert-OH is 2. The highest BCUT2D eigenvalue weighted by molar-refractivity contribution is 7.99. The second-order valence-electron chi connectivity index (χ2n) is 7.05. The molecular weight excluding hydrogens is 408 g/mol. The molecule has 0 aliphatic heterocycles. The van der Waals surface area contributed by atoms with Gasteiger partial charge in [-0.15, -0.1) is 0 Å². The summed E-state index contributed by atoms with van der Waals surface area (Å²) in [4.78, 5) is 8.57. The van der Waals surface area contributed by atoms with Crippen molar-refractivity contribution in [2.45, 2.75) is 68.9 Å². The van der Waals surface area contributed by atoms with Gasteiger partial charge in [0.05, 0.1) is 25.4 Å². The van der Waals surface area contributed by atoms with Crippen LogP contribution in [0.5, 0.6) is 0 Å². The highest BCUT2D eigenvalue weighted by Gasteiger charge is 2.46. The number of aliphatic hydroxyl groups is 3. The van der Waals surface area contributed by atoms with Crippen molar-refractivity contribution in [2.24, 2.45) is 0 Å². The maximum absolute atomic E-state index is 10.7. The Labute approximate surface area is 174 Å². The number of anilines is 2. The lowest BCUT2D eigenvalue weighted by Gasteiger charge is -2.28. The first-order valence-electron chi connectivity index (χ1n) is 9.19. The van der Waals surface area contributed by atoms with E-state index in [1.165, 1.54) is 25.6 Å². The van der Waals surface area contributed by atoms with E-state index in [0.29, 0.717) is 17.4 Å². The number of hydrogen-bond donors (Lipinski definition) is 5. The zero-order valence-electron chi connectivity index (χ0n) is 16.3. The average molecular weight is 437 g/mol. The third kappa shape index (κ3) is 6.31. The number of nitrogens with zero attached hydrogens (tertiary/aromatic N) is 2. The second-order valence-corrected chi connectivity index (χ2v) is 8.47. The number of halogens is 1. The van der Waals surface area contributed by atoms with E-state index in [0.717, 1.165) is 12.2 Å². The molecule has 1 aromatic heterocycles. The van der Waals surface area contributed by atoms with Crippen molar-refractivity contribution in [1.29, 1.82) is 0 Å². The van der Waals surface area contributed by atoms with Crippen LogP contribution in [-0.2, 0) is 9.47 Å². The quantitative estimate of drug-likeness (QED) is 0.157. The van der Waals surface area contributed by atoms with Gasteiger partial charge in [-0.2, -0.15) is 0 Å². The molecule has 28 heavy (non-hydrogen) atoms. The number of ether oxygens (including phenoxy) is 2. The van der Waals surface area contributed by atoms with Crippen LogP contribution in [0.25, 0.3) is 0 Å². The monoisotopic (exact) mass is 436 g/mol. The van der Waals surface area contributed by atoms with Crippen molar-refractivity contribution in [3.63, 3.8) is 0 Å². The molecule has 9 nitrogen and oxygen atoms in total. The summed E-state index contributed by atoms with van der Waals surface area (Å²) < 4.78 is 11.2. The molecule has 6 N–H and O–H groups in total. The summed E-state index contributed by atoms with van der Waals surface area (Å²) in [5.74, 6) is -0.238. The van der Waals surface area contributed by atoms with E-state index < -0.39 is 30.1 Å². The molecule has 0 aromatic carbocycles. The molecule has 0 amide bonds. The molecule has 160 valence electrons. The molecule has 0 saturated heterocycles. The van der Waals surface area contributed by atoms with Crippen LogP contribution in [0.2, 0.25) is 5.15 Å². The number of hydrogen-bond acceptors (Lipinski definition) is 10. The molecule has 0 bridgehead atoms. The first-order chi connectivity index (χ1) is 13.2. The van der Waals surface area contributed by atoms with E-state index in [4.69, 9.17) is 31.9 Å². The lowest BCUT2D eigenvalue weighted by atomic mass is 10.2. The van der Waals surface area contributed by atoms with Crippen LogP contribution in [0.1, 0.15) is 33.6 Å². The summed E-state index contributed by atoms with van der Waals surface area (Å²) >= 11 is 7.59. The minimum atomic E-state index is -1.40. The average Bonchev–Trinajstić information content (AvgIpc) is 2.88. The Morgan fingerprint density at radius 1 is 1.39 bits per heavy atom. The standard InChI is InChI=1S/C17H29ClN4O5S/c1-4-7-28-16-21-14(18)11(19)15(22-16)20-9-8-10(27-17(2,3)25)13(12(9)24)26-6-5-23/h9-10,12-13,23-25H,4-8,19H2,1-3H3,(H,20,21,22)/t9-,10?,12+,13+/m0/s1. The van der Waals surface area contributed by atoms with Crippen molar-refractivity contribution in [1.82, 2.24) is 9.97 Å². The van der Waals surface area contributed by atoms with Gasteiger partial charge in [-0.25, -0.2) is 9.97 Å². The lowest BCUT2D eigenvalue weighted by Crippen LogP contribution is -2.41. The Morgan fingerprint density at radius 2 is 2.11 bits per heavy atom. The summed E-state index contributed by atoms with van der Waals surface area (Å²) in [6, 6.07) is -0.506. The predicted molar refractivity (Wildman–Crippen MR) is 109 cm³/mol. The fraction of sp³-hybridized carbons (Fsp3) is 0.765. The van der Waals surface area contributed by atoms with Gasteiger partial charge in [0.2, 0.25) is 0 Å². The van der Waals surface area contributed by atoms with Gasteiger partial charge in [0.25, 0.3) is 0 Å². The zero-order valence-corrected chi connectivity index (χ0v) is 17.8. The van der Waals surface area contributed by atoms with E-state index >= 15 is 0 Å². The third-order valence-corrected chi connectivity index (χ3v) is 5.42. The van der Waals surface area contributed by atoms with Gasteiger partial charge in [0, 0.05) is 5.75 Å². The molecule has 1 saturated carbocycles. The molecule has 1 fully saturated rings. The molecular formula is C17H29ClN4O5S. The molecule has 1 aliphatic rings. The maximum atomic E-state index is 10.7. The van der Waals surface area contributed by atoms with Crippen molar-refractivity contribution in [2.75, 3.05) is 30.0 Å². The summed E-state index contributed by atoms with van der Waals surface area (Å²) in [6.07, 6.45) is -1.01. The fourth-order valence-corrected chi connectivity index (χ4v) is 3.88. The molecule has 1 aliphatic carbocycles. The Kier molecular flexibility index (Phi) is 8.56. The molecule has 1 heterocycles. The van der Waals surface area contributed by atoms with Gasteiger partial charge in [-0.05, 0) is 26.7 Å². The number of nitrogens with one attached hydrogen (secondary N) is 1. The van der Waals surface area contributed by atoms with Crippen LogP contribution >= 0.6 is 23.4 Å². The van der Waals surface area contributed by atoms with Crippen LogP contribution < -0.4 is 11.1 Å². The van der Waals surface area contributed by atoms with Crippen molar-refractivity contribution in [3.8, 4) is 0 Å². The van der Waals surface area contributed by atoms with Crippen LogP contribution in [0.15, 0.2) is 5.16 Å². The predicted octanol–water partition coefficient (Wildman–Crippen LogP) is 1.25. The minimum Gasteiger partial charge on any atom is -0.394 e. The number of thioether (sulfide) groups is 1. The summed E-state index contributed by atoms with van der Waals surface area (Å²) in [5.41, 5.74) is 6.20. The molecule has 4 atom stereocenters. The summed E-state index contributed by atoms with van der Waals surface area (Å²) in [6.45, 7) is 4.91. The molecule has 0 spiro atoms. The summed E-state index contributed by atoms with van der Waals surface area (Å²) in [5, 5.41) is 33.5. The highest BCUT2D eigenvalue weighted by Crippen LogP contribution is 2.34. The van der Waals surface area contributed by atoms with Crippen molar-refractivity contribution >= 4 is 34.9 Å². The number of aromatic nitrogens is 2. The smallest absolute Gasteiger partial charge is 0.191 e.